The highest BCUT2D eigenvalue weighted by Crippen LogP contribution is 2.37. The first-order valence-electron chi connectivity index (χ1n) is 16.5. The molecular formula is C45H27N5. The van der Waals surface area contributed by atoms with E-state index in [0.29, 0.717) is 22.8 Å². The van der Waals surface area contributed by atoms with Gasteiger partial charge in [-0.3, -0.25) is 0 Å². The van der Waals surface area contributed by atoms with Crippen molar-refractivity contribution in [1.29, 1.82) is 5.26 Å². The van der Waals surface area contributed by atoms with Crippen molar-refractivity contribution in [2.45, 2.75) is 0 Å². The summed E-state index contributed by atoms with van der Waals surface area (Å²) in [6.07, 6.45) is 0. The predicted octanol–water partition coefficient (Wildman–Crippen LogP) is 10.9. The second-order valence-corrected chi connectivity index (χ2v) is 12.2. The van der Waals surface area contributed by atoms with E-state index < -0.39 is 0 Å². The van der Waals surface area contributed by atoms with E-state index in [1.54, 1.807) is 0 Å². The number of hydrogen-bond acceptors (Lipinski definition) is 5. The number of rotatable bonds is 5. The molecule has 0 unspecified atom stereocenters. The van der Waals surface area contributed by atoms with E-state index in [9.17, 15) is 5.26 Å². The lowest BCUT2D eigenvalue weighted by Crippen LogP contribution is -2.02. The van der Waals surface area contributed by atoms with Gasteiger partial charge in [-0.1, -0.05) is 133 Å². The van der Waals surface area contributed by atoms with Crippen LogP contribution in [0.25, 0.3) is 89.0 Å². The Morgan fingerprint density at radius 3 is 1.42 bits per heavy atom. The van der Waals surface area contributed by atoms with Gasteiger partial charge in [-0.2, -0.15) is 5.26 Å². The lowest BCUT2D eigenvalue weighted by Gasteiger charge is -2.14. The number of hydrogen-bond donors (Lipinski definition) is 0. The number of nitrogens with zero attached hydrogens (tertiary/aromatic N) is 5. The minimum absolute atomic E-state index is 0.503. The predicted molar refractivity (Wildman–Crippen MR) is 202 cm³/mol. The Balaban J connectivity index is 1.28. The third-order valence-electron chi connectivity index (χ3n) is 9.15. The molecule has 0 amide bonds. The molecule has 2 aromatic heterocycles. The summed E-state index contributed by atoms with van der Waals surface area (Å²) in [7, 11) is 0. The molecule has 50 heavy (non-hydrogen) atoms. The average Bonchev–Trinajstić information content (AvgIpc) is 3.20. The van der Waals surface area contributed by atoms with E-state index >= 15 is 0 Å². The van der Waals surface area contributed by atoms with Crippen LogP contribution in [-0.4, -0.2) is 19.9 Å². The van der Waals surface area contributed by atoms with Crippen LogP contribution in [0.4, 0.5) is 0 Å². The van der Waals surface area contributed by atoms with Gasteiger partial charge in [-0.15, -0.1) is 0 Å². The molecule has 0 fully saturated rings. The van der Waals surface area contributed by atoms with Crippen LogP contribution in [0.15, 0.2) is 164 Å². The fraction of sp³-hybridized carbons (Fsp3) is 0. The first-order valence-corrected chi connectivity index (χ1v) is 16.5. The molecule has 9 aromatic rings. The number of nitriles is 1. The van der Waals surface area contributed by atoms with Crippen LogP contribution in [-0.2, 0) is 0 Å². The first-order chi connectivity index (χ1) is 24.7. The maximum atomic E-state index is 9.24. The van der Waals surface area contributed by atoms with Crippen molar-refractivity contribution in [2.24, 2.45) is 0 Å². The number of para-hydroxylation sites is 2. The van der Waals surface area contributed by atoms with Crippen molar-refractivity contribution >= 4 is 32.6 Å². The zero-order chi connectivity index (χ0) is 33.4. The summed E-state index contributed by atoms with van der Waals surface area (Å²) < 4.78 is 0. The van der Waals surface area contributed by atoms with Gasteiger partial charge in [-0.05, 0) is 63.0 Å². The van der Waals surface area contributed by atoms with Crippen LogP contribution < -0.4 is 0 Å². The van der Waals surface area contributed by atoms with E-state index in [2.05, 4.69) is 121 Å². The van der Waals surface area contributed by atoms with Gasteiger partial charge in [-0.25, -0.2) is 19.9 Å². The van der Waals surface area contributed by atoms with Gasteiger partial charge in [0.15, 0.2) is 5.82 Å². The zero-order valence-electron chi connectivity index (χ0n) is 26.8. The third-order valence-corrected chi connectivity index (χ3v) is 9.15. The first kappa shape index (κ1) is 29.1. The van der Waals surface area contributed by atoms with Gasteiger partial charge < -0.3 is 0 Å². The molecule has 0 radical (unpaired) electrons. The molecule has 0 aliphatic rings. The molecule has 0 bridgehead atoms. The molecule has 0 saturated heterocycles. The summed E-state index contributed by atoms with van der Waals surface area (Å²) in [6, 6.07) is 57.5. The molecular weight excluding hydrogens is 611 g/mol. The van der Waals surface area contributed by atoms with E-state index in [-0.39, 0.29) is 0 Å². The highest BCUT2D eigenvalue weighted by Gasteiger charge is 2.20. The van der Waals surface area contributed by atoms with Gasteiger partial charge in [0.25, 0.3) is 0 Å². The van der Waals surface area contributed by atoms with Crippen LogP contribution in [0.3, 0.4) is 0 Å². The van der Waals surface area contributed by atoms with Crippen molar-refractivity contribution in [3.05, 3.63) is 169 Å². The maximum absolute atomic E-state index is 9.24. The summed E-state index contributed by atoms with van der Waals surface area (Å²) >= 11 is 0. The Bertz CT molecular complexity index is 2650. The fourth-order valence-electron chi connectivity index (χ4n) is 6.64. The Morgan fingerprint density at radius 1 is 0.400 bits per heavy atom. The number of aromatic nitrogens is 4. The van der Waals surface area contributed by atoms with Crippen LogP contribution >= 0.6 is 0 Å². The Labute approximate surface area is 288 Å². The topological polar surface area (TPSA) is 75.3 Å². The van der Waals surface area contributed by atoms with Gasteiger partial charge in [0, 0.05) is 16.7 Å². The van der Waals surface area contributed by atoms with Gasteiger partial charge >= 0.3 is 0 Å². The van der Waals surface area contributed by atoms with E-state index in [1.807, 2.05) is 48.5 Å². The van der Waals surface area contributed by atoms with Crippen LogP contribution in [0.1, 0.15) is 5.56 Å². The molecule has 5 nitrogen and oxygen atoms in total. The maximum Gasteiger partial charge on any atom is 0.181 e. The van der Waals surface area contributed by atoms with Crippen molar-refractivity contribution in [1.82, 2.24) is 19.9 Å². The quantitative estimate of drug-likeness (QED) is 0.188. The molecule has 0 N–H and O–H groups in total. The summed E-state index contributed by atoms with van der Waals surface area (Å²) in [5, 5.41) is 13.8. The second kappa shape index (κ2) is 12.2. The molecule has 0 aliphatic heterocycles. The van der Waals surface area contributed by atoms with Crippen molar-refractivity contribution in [3.8, 4) is 62.5 Å². The molecule has 5 heteroatoms. The molecule has 232 valence electrons. The van der Waals surface area contributed by atoms with Crippen molar-refractivity contribution in [3.63, 3.8) is 0 Å². The van der Waals surface area contributed by atoms with Gasteiger partial charge in [0.1, 0.15) is 11.4 Å². The standard InChI is InChI=1S/C45H27N5/c46-28-29-19-21-30(22-20-29)31-23-25-34(26-24-31)43-44(48-40-18-6-5-17-39(40)47-43)45-49-41(37-15-7-11-32-9-1-3-13-35(32)37)27-42(50-45)38-16-8-12-33-10-2-4-14-36(33)38/h1-27H. The molecule has 7 aromatic carbocycles. The fourth-order valence-corrected chi connectivity index (χ4v) is 6.64. The highest BCUT2D eigenvalue weighted by atomic mass is 15.0. The Morgan fingerprint density at radius 2 is 0.860 bits per heavy atom. The monoisotopic (exact) mass is 637 g/mol. The Kier molecular flexibility index (Phi) is 7.11. The SMILES string of the molecule is N#Cc1ccc(-c2ccc(-c3nc4ccccc4nc3-c3nc(-c4cccc5ccccc45)cc(-c4cccc5ccccc45)n3)cc2)cc1. The van der Waals surface area contributed by atoms with Crippen LogP contribution in [0, 0.1) is 11.3 Å². The summed E-state index contributed by atoms with van der Waals surface area (Å²) in [4.78, 5) is 20.9. The normalized spacial score (nSPS) is 11.2. The lowest BCUT2D eigenvalue weighted by molar-refractivity contribution is 1.15. The molecule has 0 atom stereocenters. The van der Waals surface area contributed by atoms with Gasteiger partial charge in [0.2, 0.25) is 0 Å². The van der Waals surface area contributed by atoms with E-state index in [4.69, 9.17) is 19.9 Å². The molecule has 9 rings (SSSR count). The van der Waals surface area contributed by atoms with E-state index in [1.165, 1.54) is 0 Å². The Hall–Kier alpha value is -7.03. The smallest absolute Gasteiger partial charge is 0.181 e. The lowest BCUT2D eigenvalue weighted by atomic mass is 9.98. The highest BCUT2D eigenvalue weighted by molar-refractivity contribution is 5.99. The number of fused-ring (bicyclic) bond motifs is 3. The largest absolute Gasteiger partial charge is 0.244 e. The van der Waals surface area contributed by atoms with Crippen LogP contribution in [0.5, 0.6) is 0 Å². The summed E-state index contributed by atoms with van der Waals surface area (Å²) in [5.74, 6) is 0.503. The van der Waals surface area contributed by atoms with E-state index in [0.717, 1.165) is 71.8 Å². The minimum atomic E-state index is 0.503. The van der Waals surface area contributed by atoms with Crippen molar-refractivity contribution in [2.75, 3.05) is 0 Å². The molecule has 2 heterocycles. The third kappa shape index (κ3) is 5.22. The number of benzene rings is 7. The second-order valence-electron chi connectivity index (χ2n) is 12.2. The van der Waals surface area contributed by atoms with Crippen molar-refractivity contribution < 1.29 is 0 Å². The summed E-state index contributed by atoms with van der Waals surface area (Å²) in [5.41, 5.74) is 10.2. The molecule has 0 saturated carbocycles. The molecule has 0 spiro atoms. The summed E-state index contributed by atoms with van der Waals surface area (Å²) in [6.45, 7) is 0. The molecule has 0 aliphatic carbocycles. The van der Waals surface area contributed by atoms with Crippen LogP contribution in [0.2, 0.25) is 0 Å². The zero-order valence-corrected chi connectivity index (χ0v) is 26.8. The average molecular weight is 638 g/mol. The minimum Gasteiger partial charge on any atom is -0.244 e. The van der Waals surface area contributed by atoms with Gasteiger partial charge in [0.05, 0.1) is 34.1 Å².